The maximum Gasteiger partial charge on any atom is 0.237 e. The number of hydrogen-bond donors (Lipinski definition) is 1. The van der Waals surface area contributed by atoms with Gasteiger partial charge >= 0.3 is 0 Å². The van der Waals surface area contributed by atoms with E-state index >= 15 is 0 Å². The van der Waals surface area contributed by atoms with Crippen LogP contribution in [0, 0.1) is 0 Å². The molecule has 0 spiro atoms. The second-order valence-electron chi connectivity index (χ2n) is 6.29. The third-order valence-corrected chi connectivity index (χ3v) is 4.35. The van der Waals surface area contributed by atoms with E-state index in [-0.39, 0.29) is 18.1 Å². The van der Waals surface area contributed by atoms with E-state index in [9.17, 15) is 4.79 Å². The molecule has 7 heteroatoms. The van der Waals surface area contributed by atoms with Gasteiger partial charge in [0.1, 0.15) is 0 Å². The highest BCUT2D eigenvalue weighted by molar-refractivity contribution is 5.82. The lowest BCUT2D eigenvalue weighted by Gasteiger charge is -2.37. The molecule has 1 aromatic rings. The smallest absolute Gasteiger partial charge is 0.237 e. The zero-order valence-electron chi connectivity index (χ0n) is 13.2. The van der Waals surface area contributed by atoms with Gasteiger partial charge < -0.3 is 14.6 Å². The second kappa shape index (κ2) is 6.75. The molecule has 2 saturated heterocycles. The first kappa shape index (κ1) is 15.4. The minimum atomic E-state index is -0.232. The number of carbonyl (C=O) groups excluding carboxylic acids is 1. The van der Waals surface area contributed by atoms with E-state index in [1.54, 1.807) is 0 Å². The average molecular weight is 308 g/mol. The fraction of sp³-hybridized carbons (Fsp3) is 0.800. The number of rotatable bonds is 5. The molecule has 0 aliphatic carbocycles. The van der Waals surface area contributed by atoms with Crippen molar-refractivity contribution in [3.63, 3.8) is 0 Å². The Bertz CT molecular complexity index is 511. The van der Waals surface area contributed by atoms with Crippen molar-refractivity contribution >= 4 is 5.91 Å². The van der Waals surface area contributed by atoms with E-state index in [0.717, 1.165) is 26.0 Å². The molecule has 0 saturated carbocycles. The van der Waals surface area contributed by atoms with Crippen LogP contribution in [-0.4, -0.2) is 58.8 Å². The molecule has 0 bridgehead atoms. The lowest BCUT2D eigenvalue weighted by molar-refractivity contribution is -0.130. The molecule has 22 heavy (non-hydrogen) atoms. The molecular formula is C15H24N4O3. The van der Waals surface area contributed by atoms with Crippen molar-refractivity contribution in [2.75, 3.05) is 19.7 Å². The minimum absolute atomic E-state index is 0.0406. The van der Waals surface area contributed by atoms with Crippen LogP contribution in [-0.2, 0) is 22.4 Å². The summed E-state index contributed by atoms with van der Waals surface area (Å²) in [5.74, 6) is 1.24. The molecular weight excluding hydrogens is 284 g/mol. The maximum absolute atomic E-state index is 12.1. The van der Waals surface area contributed by atoms with Crippen molar-refractivity contribution < 1.29 is 14.1 Å². The molecule has 3 rings (SSSR count). The van der Waals surface area contributed by atoms with Gasteiger partial charge in [0.25, 0.3) is 0 Å². The Labute approximate surface area is 130 Å². The van der Waals surface area contributed by atoms with Crippen LogP contribution >= 0.6 is 0 Å². The van der Waals surface area contributed by atoms with Crippen molar-refractivity contribution in [1.29, 1.82) is 0 Å². The standard InChI is InChI=1S/C15H24N4O3/c1-10(2)19-6-5-16-15(20)12(19)9-14-17-13(18-22-14)8-11-4-3-7-21-11/h10-12H,3-9H2,1-2H3,(H,16,20). The fourth-order valence-electron chi connectivity index (χ4n) is 3.19. The zero-order valence-corrected chi connectivity index (χ0v) is 13.2. The summed E-state index contributed by atoms with van der Waals surface area (Å²) in [6, 6.07) is 0.0788. The van der Waals surface area contributed by atoms with Crippen LogP contribution in [0.5, 0.6) is 0 Å². The molecule has 1 amide bonds. The number of ether oxygens (including phenoxy) is 1. The van der Waals surface area contributed by atoms with Gasteiger partial charge in [-0.2, -0.15) is 4.98 Å². The monoisotopic (exact) mass is 308 g/mol. The molecule has 2 unspecified atom stereocenters. The van der Waals surface area contributed by atoms with E-state index in [4.69, 9.17) is 9.26 Å². The van der Waals surface area contributed by atoms with Gasteiger partial charge in [0.15, 0.2) is 5.82 Å². The van der Waals surface area contributed by atoms with Gasteiger partial charge in [-0.15, -0.1) is 0 Å². The summed E-state index contributed by atoms with van der Waals surface area (Å²) in [5.41, 5.74) is 0. The van der Waals surface area contributed by atoms with Crippen molar-refractivity contribution in [2.45, 2.75) is 57.7 Å². The van der Waals surface area contributed by atoms with Crippen LogP contribution < -0.4 is 5.32 Å². The molecule has 0 radical (unpaired) electrons. The van der Waals surface area contributed by atoms with Gasteiger partial charge in [0.05, 0.1) is 18.6 Å². The first-order valence-corrected chi connectivity index (χ1v) is 8.10. The molecule has 122 valence electrons. The highest BCUT2D eigenvalue weighted by Gasteiger charge is 2.33. The van der Waals surface area contributed by atoms with Gasteiger partial charge in [0, 0.05) is 32.2 Å². The van der Waals surface area contributed by atoms with E-state index in [0.29, 0.717) is 37.1 Å². The Balaban J connectivity index is 1.63. The molecule has 0 aromatic carbocycles. The maximum atomic E-state index is 12.1. The molecule has 2 aliphatic rings. The number of nitrogens with one attached hydrogen (secondary N) is 1. The zero-order chi connectivity index (χ0) is 15.5. The molecule has 3 heterocycles. The van der Waals surface area contributed by atoms with Crippen LogP contribution in [0.2, 0.25) is 0 Å². The number of carbonyl (C=O) groups is 1. The molecule has 1 aromatic heterocycles. The van der Waals surface area contributed by atoms with E-state index in [1.807, 2.05) is 0 Å². The van der Waals surface area contributed by atoms with Crippen LogP contribution in [0.4, 0.5) is 0 Å². The van der Waals surface area contributed by atoms with Crippen LogP contribution in [0.15, 0.2) is 4.52 Å². The summed E-state index contributed by atoms with van der Waals surface area (Å²) < 4.78 is 10.9. The van der Waals surface area contributed by atoms with Crippen LogP contribution in [0.25, 0.3) is 0 Å². The van der Waals surface area contributed by atoms with Gasteiger partial charge in [-0.3, -0.25) is 9.69 Å². The van der Waals surface area contributed by atoms with Gasteiger partial charge in [-0.1, -0.05) is 5.16 Å². The summed E-state index contributed by atoms with van der Waals surface area (Å²) in [7, 11) is 0. The molecule has 2 fully saturated rings. The fourth-order valence-corrected chi connectivity index (χ4v) is 3.19. The Morgan fingerprint density at radius 1 is 1.41 bits per heavy atom. The van der Waals surface area contributed by atoms with Crippen LogP contribution in [0.1, 0.15) is 38.4 Å². The number of amides is 1. The Kier molecular flexibility index (Phi) is 4.73. The largest absolute Gasteiger partial charge is 0.378 e. The topological polar surface area (TPSA) is 80.5 Å². The third-order valence-electron chi connectivity index (χ3n) is 4.35. The summed E-state index contributed by atoms with van der Waals surface area (Å²) in [4.78, 5) is 18.8. The van der Waals surface area contributed by atoms with Crippen LogP contribution in [0.3, 0.4) is 0 Å². The molecule has 2 aliphatic heterocycles. The summed E-state index contributed by atoms with van der Waals surface area (Å²) in [6.45, 7) is 6.57. The molecule has 7 nitrogen and oxygen atoms in total. The van der Waals surface area contributed by atoms with E-state index < -0.39 is 0 Å². The highest BCUT2D eigenvalue weighted by atomic mass is 16.5. The van der Waals surface area contributed by atoms with Crippen molar-refractivity contribution in [1.82, 2.24) is 20.4 Å². The van der Waals surface area contributed by atoms with Crippen molar-refractivity contribution in [2.24, 2.45) is 0 Å². The lowest BCUT2D eigenvalue weighted by Crippen LogP contribution is -2.58. The number of nitrogens with zero attached hydrogens (tertiary/aromatic N) is 3. The predicted molar refractivity (Wildman–Crippen MR) is 79.3 cm³/mol. The van der Waals surface area contributed by atoms with E-state index in [1.165, 1.54) is 0 Å². The summed E-state index contributed by atoms with van der Waals surface area (Å²) in [5, 5.41) is 6.94. The molecule has 2 atom stereocenters. The Morgan fingerprint density at radius 2 is 2.27 bits per heavy atom. The summed E-state index contributed by atoms with van der Waals surface area (Å²) >= 11 is 0. The normalized spacial score (nSPS) is 26.6. The first-order valence-electron chi connectivity index (χ1n) is 8.10. The Hall–Kier alpha value is -1.47. The highest BCUT2D eigenvalue weighted by Crippen LogP contribution is 2.17. The van der Waals surface area contributed by atoms with Gasteiger partial charge in [-0.25, -0.2) is 0 Å². The van der Waals surface area contributed by atoms with Gasteiger partial charge in [-0.05, 0) is 26.7 Å². The van der Waals surface area contributed by atoms with Crippen molar-refractivity contribution in [3.05, 3.63) is 11.7 Å². The number of hydrogen-bond acceptors (Lipinski definition) is 6. The third kappa shape index (κ3) is 3.47. The Morgan fingerprint density at radius 3 is 3.00 bits per heavy atom. The SMILES string of the molecule is CC(C)N1CCNC(=O)C1Cc1nc(CC2CCCO2)no1. The second-order valence-corrected chi connectivity index (χ2v) is 6.29. The molecule has 1 N–H and O–H groups in total. The van der Waals surface area contributed by atoms with E-state index in [2.05, 4.69) is 34.2 Å². The summed E-state index contributed by atoms with van der Waals surface area (Å²) in [6.07, 6.45) is 3.50. The lowest BCUT2D eigenvalue weighted by atomic mass is 10.1. The number of piperazine rings is 1. The average Bonchev–Trinajstić information content (AvgIpc) is 3.13. The predicted octanol–water partition coefficient (Wildman–Crippen LogP) is 0.542. The quantitative estimate of drug-likeness (QED) is 0.855. The van der Waals surface area contributed by atoms with Crippen molar-refractivity contribution in [3.8, 4) is 0 Å². The number of aromatic nitrogens is 2. The van der Waals surface area contributed by atoms with Gasteiger partial charge in [0.2, 0.25) is 11.8 Å². The minimum Gasteiger partial charge on any atom is -0.378 e. The first-order chi connectivity index (χ1) is 10.6.